The fourth-order valence-corrected chi connectivity index (χ4v) is 1.32. The molecule has 0 saturated carbocycles. The number of halogens is 2. The summed E-state index contributed by atoms with van der Waals surface area (Å²) in [5, 5.41) is 10.5. The molecule has 0 aliphatic heterocycles. The van der Waals surface area contributed by atoms with E-state index in [1.165, 1.54) is 6.92 Å². The van der Waals surface area contributed by atoms with Crippen LogP contribution in [-0.4, -0.2) is 9.91 Å². The van der Waals surface area contributed by atoms with Gasteiger partial charge in [-0.3, -0.25) is 0 Å². The largest absolute Gasteiger partial charge is 0.366 e. The summed E-state index contributed by atoms with van der Waals surface area (Å²) in [6, 6.07) is 0. The van der Waals surface area contributed by atoms with Crippen molar-refractivity contribution < 1.29 is 13.7 Å². The first-order valence-corrected chi connectivity index (χ1v) is 4.10. The minimum absolute atomic E-state index is 0.120. The zero-order chi connectivity index (χ0) is 11.6. The molecule has 5 nitrogen and oxygen atoms in total. The van der Waals surface area contributed by atoms with Crippen molar-refractivity contribution in [3.05, 3.63) is 33.0 Å². The molecule has 0 radical (unpaired) electrons. The van der Waals surface area contributed by atoms with Gasteiger partial charge in [0.05, 0.1) is 5.56 Å². The van der Waals surface area contributed by atoms with E-state index in [-0.39, 0.29) is 23.2 Å². The molecule has 0 bridgehead atoms. The van der Waals surface area contributed by atoms with Crippen LogP contribution in [0, 0.1) is 17.0 Å². The van der Waals surface area contributed by atoms with Crippen molar-refractivity contribution in [2.45, 2.75) is 19.9 Å². The molecule has 0 aliphatic carbocycles. The molecule has 0 spiro atoms. The van der Waals surface area contributed by atoms with Crippen LogP contribution < -0.4 is 5.73 Å². The quantitative estimate of drug-likeness (QED) is 0.617. The summed E-state index contributed by atoms with van der Waals surface area (Å²) in [5.74, 6) is -0.553. The van der Waals surface area contributed by atoms with Crippen LogP contribution in [-0.2, 0) is 6.54 Å². The first kappa shape index (κ1) is 11.4. The Morgan fingerprint density at radius 1 is 1.67 bits per heavy atom. The Morgan fingerprint density at radius 2 is 2.27 bits per heavy atom. The number of hydrogen-bond acceptors (Lipinski definition) is 4. The van der Waals surface area contributed by atoms with Crippen LogP contribution in [0.2, 0.25) is 0 Å². The highest BCUT2D eigenvalue weighted by Crippen LogP contribution is 2.30. The average molecular weight is 217 g/mol. The Bertz CT molecular complexity index is 396. The van der Waals surface area contributed by atoms with E-state index in [1.54, 1.807) is 0 Å². The molecule has 15 heavy (non-hydrogen) atoms. The van der Waals surface area contributed by atoms with Gasteiger partial charge in [-0.2, -0.15) is 0 Å². The van der Waals surface area contributed by atoms with Crippen molar-refractivity contribution in [3.63, 3.8) is 0 Å². The van der Waals surface area contributed by atoms with Crippen molar-refractivity contribution in [2.24, 2.45) is 5.73 Å². The lowest BCUT2D eigenvalue weighted by Crippen LogP contribution is -2.08. The molecular formula is C8H9F2N3O2. The molecule has 0 unspecified atom stereocenters. The van der Waals surface area contributed by atoms with Gasteiger partial charge in [0.25, 0.3) is 6.43 Å². The predicted molar refractivity (Wildman–Crippen MR) is 48.5 cm³/mol. The predicted octanol–water partition coefficient (Wildman–Crippen LogP) is 1.69. The Hall–Kier alpha value is -1.63. The van der Waals surface area contributed by atoms with Gasteiger partial charge in [-0.1, -0.05) is 0 Å². The summed E-state index contributed by atoms with van der Waals surface area (Å²) >= 11 is 0. The van der Waals surface area contributed by atoms with Crippen molar-refractivity contribution in [1.82, 2.24) is 4.98 Å². The summed E-state index contributed by atoms with van der Waals surface area (Å²) in [5.41, 5.74) is 4.86. The summed E-state index contributed by atoms with van der Waals surface area (Å²) in [7, 11) is 0. The summed E-state index contributed by atoms with van der Waals surface area (Å²) in [6.07, 6.45) is -1.77. The molecular weight excluding hydrogens is 208 g/mol. The van der Waals surface area contributed by atoms with Crippen LogP contribution in [0.3, 0.4) is 0 Å². The van der Waals surface area contributed by atoms with Gasteiger partial charge in [0.15, 0.2) is 0 Å². The highest BCUT2D eigenvalue weighted by Gasteiger charge is 2.24. The van der Waals surface area contributed by atoms with Gasteiger partial charge in [-0.05, 0) is 16.8 Å². The second-order valence-corrected chi connectivity index (χ2v) is 2.91. The van der Waals surface area contributed by atoms with Crippen LogP contribution in [0.15, 0.2) is 6.20 Å². The first-order chi connectivity index (χ1) is 6.99. The molecule has 1 aromatic rings. The fraction of sp³-hybridized carbons (Fsp3) is 0.375. The van der Waals surface area contributed by atoms with Crippen LogP contribution in [0.5, 0.6) is 0 Å². The number of nitrogens with zero attached hydrogens (tertiary/aromatic N) is 2. The van der Waals surface area contributed by atoms with E-state index < -0.39 is 17.2 Å². The van der Waals surface area contributed by atoms with E-state index in [1.807, 2.05) is 0 Å². The smallest absolute Gasteiger partial charge is 0.358 e. The number of aromatic nitrogens is 1. The second kappa shape index (κ2) is 4.26. The third kappa shape index (κ3) is 2.07. The third-order valence-electron chi connectivity index (χ3n) is 2.04. The second-order valence-electron chi connectivity index (χ2n) is 2.91. The van der Waals surface area contributed by atoms with E-state index in [0.29, 0.717) is 0 Å². The van der Waals surface area contributed by atoms with E-state index in [0.717, 1.165) is 6.20 Å². The number of hydrogen-bond donors (Lipinski definition) is 1. The van der Waals surface area contributed by atoms with Crippen molar-refractivity contribution in [3.8, 4) is 0 Å². The lowest BCUT2D eigenvalue weighted by molar-refractivity contribution is -0.390. The molecule has 1 aromatic heterocycles. The van der Waals surface area contributed by atoms with Gasteiger partial charge in [-0.15, -0.1) is 0 Å². The minimum Gasteiger partial charge on any atom is -0.358 e. The number of pyridine rings is 1. The number of nitro groups is 1. The van der Waals surface area contributed by atoms with Gasteiger partial charge < -0.3 is 15.8 Å². The normalized spacial score (nSPS) is 10.7. The molecule has 0 aromatic carbocycles. The average Bonchev–Trinajstić information content (AvgIpc) is 2.15. The Kier molecular flexibility index (Phi) is 3.25. The first-order valence-electron chi connectivity index (χ1n) is 4.10. The van der Waals surface area contributed by atoms with Gasteiger partial charge in [0.1, 0.15) is 6.20 Å². The van der Waals surface area contributed by atoms with E-state index in [9.17, 15) is 18.9 Å². The highest BCUT2D eigenvalue weighted by molar-refractivity contribution is 5.43. The Morgan fingerprint density at radius 3 is 2.67 bits per heavy atom. The van der Waals surface area contributed by atoms with Crippen molar-refractivity contribution in [2.75, 3.05) is 0 Å². The molecule has 0 atom stereocenters. The maximum absolute atomic E-state index is 12.6. The maximum atomic E-state index is 12.6. The van der Waals surface area contributed by atoms with E-state index in [2.05, 4.69) is 4.98 Å². The molecule has 0 aliphatic rings. The minimum atomic E-state index is -2.79. The van der Waals surface area contributed by atoms with Crippen LogP contribution in [0.25, 0.3) is 0 Å². The SMILES string of the molecule is Cc1c([N+](=O)[O-])ncc(CN)c1C(F)F. The maximum Gasteiger partial charge on any atom is 0.366 e. The molecule has 1 rings (SSSR count). The number of alkyl halides is 2. The van der Waals surface area contributed by atoms with Crippen LogP contribution in [0.1, 0.15) is 23.1 Å². The van der Waals surface area contributed by atoms with Crippen LogP contribution in [0.4, 0.5) is 14.6 Å². The summed E-state index contributed by atoms with van der Waals surface area (Å²) < 4.78 is 25.2. The number of nitrogens with two attached hydrogens (primary N) is 1. The lowest BCUT2D eigenvalue weighted by Gasteiger charge is -2.08. The van der Waals surface area contributed by atoms with E-state index in [4.69, 9.17) is 5.73 Å². The van der Waals surface area contributed by atoms with Gasteiger partial charge in [-0.25, -0.2) is 8.78 Å². The monoisotopic (exact) mass is 217 g/mol. The summed E-state index contributed by atoms with van der Waals surface area (Å²) in [4.78, 5) is 13.2. The zero-order valence-electron chi connectivity index (χ0n) is 7.91. The molecule has 1 heterocycles. The Labute approximate surface area is 84.1 Å². The van der Waals surface area contributed by atoms with E-state index >= 15 is 0 Å². The van der Waals surface area contributed by atoms with Crippen LogP contribution >= 0.6 is 0 Å². The summed E-state index contributed by atoms with van der Waals surface area (Å²) in [6.45, 7) is 1.12. The molecule has 2 N–H and O–H groups in total. The third-order valence-corrected chi connectivity index (χ3v) is 2.04. The highest BCUT2D eigenvalue weighted by atomic mass is 19.3. The molecule has 0 saturated heterocycles. The molecule has 7 heteroatoms. The standard InChI is InChI=1S/C8H9F2N3O2/c1-4-6(7(9)10)5(2-11)3-12-8(4)13(14)15/h3,7H,2,11H2,1H3. The number of rotatable bonds is 3. The molecule has 0 amide bonds. The van der Waals surface area contributed by atoms with Crippen molar-refractivity contribution >= 4 is 5.82 Å². The molecule has 0 fully saturated rings. The van der Waals surface area contributed by atoms with Gasteiger partial charge >= 0.3 is 5.82 Å². The van der Waals surface area contributed by atoms with Gasteiger partial charge in [0.2, 0.25) is 0 Å². The molecule has 82 valence electrons. The van der Waals surface area contributed by atoms with Gasteiger partial charge in [0, 0.05) is 17.7 Å². The Balaban J connectivity index is 3.42. The van der Waals surface area contributed by atoms with Crippen molar-refractivity contribution in [1.29, 1.82) is 0 Å². The fourth-order valence-electron chi connectivity index (χ4n) is 1.32. The topological polar surface area (TPSA) is 82.0 Å². The zero-order valence-corrected chi connectivity index (χ0v) is 7.91. The lowest BCUT2D eigenvalue weighted by atomic mass is 10.1.